The highest BCUT2D eigenvalue weighted by Crippen LogP contribution is 2.22. The maximum atomic E-state index is 5.69. The first-order valence-electron chi connectivity index (χ1n) is 6.61. The van der Waals surface area contributed by atoms with E-state index in [2.05, 4.69) is 57.1 Å². The molecule has 0 unspecified atom stereocenters. The largest absolute Gasteiger partial charge is 0.399 e. The summed E-state index contributed by atoms with van der Waals surface area (Å²) in [6, 6.07) is 12.2. The summed E-state index contributed by atoms with van der Waals surface area (Å²) in [7, 11) is 0. The molecule has 20 heavy (non-hydrogen) atoms. The number of nitrogen functional groups attached to an aromatic ring is 1. The summed E-state index contributed by atoms with van der Waals surface area (Å²) >= 11 is 3.52. The lowest BCUT2D eigenvalue weighted by Gasteiger charge is -1.99. The number of imidazole rings is 1. The van der Waals surface area contributed by atoms with Crippen LogP contribution < -0.4 is 5.73 Å². The van der Waals surface area contributed by atoms with Crippen LogP contribution in [0.3, 0.4) is 0 Å². The van der Waals surface area contributed by atoms with Gasteiger partial charge in [0.15, 0.2) is 0 Å². The first kappa shape index (κ1) is 13.2. The third kappa shape index (κ3) is 2.70. The summed E-state index contributed by atoms with van der Waals surface area (Å²) in [6.45, 7) is 2.08. The Morgan fingerprint density at radius 2 is 1.90 bits per heavy atom. The highest BCUT2D eigenvalue weighted by molar-refractivity contribution is 9.10. The van der Waals surface area contributed by atoms with Gasteiger partial charge in [-0.25, -0.2) is 4.98 Å². The molecule has 2 aromatic carbocycles. The number of H-pyrrole nitrogens is 1. The Labute approximate surface area is 126 Å². The van der Waals surface area contributed by atoms with Gasteiger partial charge in [-0.3, -0.25) is 0 Å². The van der Waals surface area contributed by atoms with Crippen LogP contribution in [0.25, 0.3) is 11.0 Å². The Morgan fingerprint density at radius 1 is 1.15 bits per heavy atom. The number of nitrogens with zero attached hydrogens (tertiary/aromatic N) is 1. The van der Waals surface area contributed by atoms with Gasteiger partial charge in [0.05, 0.1) is 11.0 Å². The maximum Gasteiger partial charge on any atom is 0.107 e. The van der Waals surface area contributed by atoms with Gasteiger partial charge < -0.3 is 10.7 Å². The second-order valence-electron chi connectivity index (χ2n) is 5.04. The molecular formula is C16H16BrN3. The Bertz CT molecular complexity index is 744. The van der Waals surface area contributed by atoms with Gasteiger partial charge in [0.2, 0.25) is 0 Å². The van der Waals surface area contributed by atoms with Crippen LogP contribution in [0.4, 0.5) is 5.69 Å². The SMILES string of the molecule is Cc1cc(Br)cc2[nH]c(CCc3ccc(N)cc3)nc12. The Hall–Kier alpha value is -1.81. The van der Waals surface area contributed by atoms with Gasteiger partial charge in [0.25, 0.3) is 0 Å². The minimum absolute atomic E-state index is 0.804. The molecule has 3 aromatic rings. The zero-order valence-corrected chi connectivity index (χ0v) is 12.9. The number of aryl methyl sites for hydroxylation is 3. The lowest BCUT2D eigenvalue weighted by Crippen LogP contribution is -1.94. The first-order valence-corrected chi connectivity index (χ1v) is 7.40. The summed E-state index contributed by atoms with van der Waals surface area (Å²) in [6.07, 6.45) is 1.86. The summed E-state index contributed by atoms with van der Waals surface area (Å²) < 4.78 is 1.08. The van der Waals surface area contributed by atoms with Crippen LogP contribution in [0.2, 0.25) is 0 Å². The van der Waals surface area contributed by atoms with Crippen LogP contribution >= 0.6 is 15.9 Å². The third-order valence-electron chi connectivity index (χ3n) is 3.42. The van der Waals surface area contributed by atoms with E-state index in [-0.39, 0.29) is 0 Å². The molecule has 0 atom stereocenters. The lowest BCUT2D eigenvalue weighted by molar-refractivity contribution is 0.890. The predicted molar refractivity (Wildman–Crippen MR) is 86.8 cm³/mol. The number of aromatic nitrogens is 2. The molecule has 0 saturated carbocycles. The van der Waals surface area contributed by atoms with Crippen molar-refractivity contribution >= 4 is 32.7 Å². The van der Waals surface area contributed by atoms with Crippen molar-refractivity contribution in [2.24, 2.45) is 0 Å². The van der Waals surface area contributed by atoms with E-state index in [1.165, 1.54) is 11.1 Å². The van der Waals surface area contributed by atoms with Gasteiger partial charge in [0, 0.05) is 16.6 Å². The number of halogens is 1. The van der Waals surface area contributed by atoms with Crippen molar-refractivity contribution in [2.45, 2.75) is 19.8 Å². The minimum atomic E-state index is 0.804. The number of aromatic amines is 1. The molecule has 0 radical (unpaired) electrons. The number of fused-ring (bicyclic) bond motifs is 1. The second kappa shape index (κ2) is 5.29. The number of benzene rings is 2. The Balaban J connectivity index is 1.81. The molecule has 0 fully saturated rings. The fraction of sp³-hybridized carbons (Fsp3) is 0.188. The molecule has 3 N–H and O–H groups in total. The molecule has 0 saturated heterocycles. The number of anilines is 1. The standard InChI is InChI=1S/C16H16BrN3/c1-10-8-12(17)9-14-16(10)20-15(19-14)7-4-11-2-5-13(18)6-3-11/h2-3,5-6,8-9H,4,7,18H2,1H3,(H,19,20). The molecule has 0 aliphatic heterocycles. The molecule has 0 spiro atoms. The number of hydrogen-bond donors (Lipinski definition) is 2. The molecule has 102 valence electrons. The lowest BCUT2D eigenvalue weighted by atomic mass is 10.1. The normalized spacial score (nSPS) is 11.1. The smallest absolute Gasteiger partial charge is 0.107 e. The van der Waals surface area contributed by atoms with Crippen molar-refractivity contribution in [1.29, 1.82) is 0 Å². The van der Waals surface area contributed by atoms with E-state index in [4.69, 9.17) is 5.73 Å². The number of nitrogens with two attached hydrogens (primary N) is 1. The average Bonchev–Trinajstić information content (AvgIpc) is 2.81. The molecule has 4 heteroatoms. The number of hydrogen-bond acceptors (Lipinski definition) is 2. The van der Waals surface area contributed by atoms with E-state index in [1.807, 2.05) is 12.1 Å². The molecule has 3 rings (SSSR count). The van der Waals surface area contributed by atoms with E-state index in [9.17, 15) is 0 Å². The highest BCUT2D eigenvalue weighted by Gasteiger charge is 2.06. The fourth-order valence-electron chi connectivity index (χ4n) is 2.36. The van der Waals surface area contributed by atoms with Crippen LogP contribution in [-0.4, -0.2) is 9.97 Å². The molecule has 1 heterocycles. The van der Waals surface area contributed by atoms with E-state index in [0.29, 0.717) is 0 Å². The van der Waals surface area contributed by atoms with Crippen molar-refractivity contribution in [1.82, 2.24) is 9.97 Å². The van der Waals surface area contributed by atoms with Gasteiger partial charge in [0.1, 0.15) is 5.82 Å². The Kier molecular flexibility index (Phi) is 3.49. The minimum Gasteiger partial charge on any atom is -0.399 e. The zero-order valence-electron chi connectivity index (χ0n) is 11.3. The van der Waals surface area contributed by atoms with E-state index in [1.54, 1.807) is 0 Å². The van der Waals surface area contributed by atoms with Gasteiger partial charge in [-0.15, -0.1) is 0 Å². The van der Waals surface area contributed by atoms with Gasteiger partial charge in [-0.2, -0.15) is 0 Å². The van der Waals surface area contributed by atoms with Crippen LogP contribution in [-0.2, 0) is 12.8 Å². The Morgan fingerprint density at radius 3 is 2.65 bits per heavy atom. The van der Waals surface area contributed by atoms with Crippen molar-refractivity contribution < 1.29 is 0 Å². The van der Waals surface area contributed by atoms with Crippen LogP contribution in [0.5, 0.6) is 0 Å². The zero-order chi connectivity index (χ0) is 14.1. The average molecular weight is 330 g/mol. The predicted octanol–water partition coefficient (Wildman–Crippen LogP) is 4.00. The van der Waals surface area contributed by atoms with Crippen LogP contribution in [0.15, 0.2) is 40.9 Å². The van der Waals surface area contributed by atoms with Crippen molar-refractivity contribution in [3.05, 3.63) is 57.8 Å². The quantitative estimate of drug-likeness (QED) is 0.713. The number of nitrogens with one attached hydrogen (secondary N) is 1. The molecule has 0 aliphatic carbocycles. The van der Waals surface area contributed by atoms with Crippen LogP contribution in [0.1, 0.15) is 17.0 Å². The number of rotatable bonds is 3. The topological polar surface area (TPSA) is 54.7 Å². The first-order chi connectivity index (χ1) is 9.61. The van der Waals surface area contributed by atoms with Crippen molar-refractivity contribution in [3.63, 3.8) is 0 Å². The molecule has 0 amide bonds. The third-order valence-corrected chi connectivity index (χ3v) is 3.88. The molecule has 0 bridgehead atoms. The summed E-state index contributed by atoms with van der Waals surface area (Å²) in [5, 5.41) is 0. The molecule has 0 aliphatic rings. The van der Waals surface area contributed by atoms with Gasteiger partial charge >= 0.3 is 0 Å². The van der Waals surface area contributed by atoms with E-state index in [0.717, 1.165) is 39.9 Å². The van der Waals surface area contributed by atoms with Crippen molar-refractivity contribution in [3.8, 4) is 0 Å². The van der Waals surface area contributed by atoms with Gasteiger partial charge in [-0.05, 0) is 48.7 Å². The molecule has 3 nitrogen and oxygen atoms in total. The highest BCUT2D eigenvalue weighted by atomic mass is 79.9. The monoisotopic (exact) mass is 329 g/mol. The molecular weight excluding hydrogens is 314 g/mol. The summed E-state index contributed by atoms with van der Waals surface area (Å²) in [5.74, 6) is 1.03. The van der Waals surface area contributed by atoms with E-state index >= 15 is 0 Å². The van der Waals surface area contributed by atoms with Gasteiger partial charge in [-0.1, -0.05) is 28.1 Å². The summed E-state index contributed by atoms with van der Waals surface area (Å²) in [5.41, 5.74) is 11.1. The molecule has 1 aromatic heterocycles. The summed E-state index contributed by atoms with van der Waals surface area (Å²) in [4.78, 5) is 8.08. The van der Waals surface area contributed by atoms with Crippen molar-refractivity contribution in [2.75, 3.05) is 5.73 Å². The van der Waals surface area contributed by atoms with Crippen LogP contribution in [0, 0.1) is 6.92 Å². The maximum absolute atomic E-state index is 5.69. The second-order valence-corrected chi connectivity index (χ2v) is 5.96. The van der Waals surface area contributed by atoms with E-state index < -0.39 is 0 Å². The fourth-order valence-corrected chi connectivity index (χ4v) is 2.94.